The SMILES string of the molecule is CC=CCCc1ccc(OC(=O)C2CCC(c3ccc(C[C@H](C)c4ccccc4)cc3)CC2)cc1. The monoisotopic (exact) mass is 466 g/mol. The van der Waals surface area contributed by atoms with E-state index in [1.54, 1.807) is 0 Å². The maximum atomic E-state index is 12.7. The van der Waals surface area contributed by atoms with Gasteiger partial charge in [-0.25, -0.2) is 0 Å². The molecule has 0 spiro atoms. The lowest BCUT2D eigenvalue weighted by Gasteiger charge is -2.27. The van der Waals surface area contributed by atoms with Crippen LogP contribution in [0.4, 0.5) is 0 Å². The fraction of sp³-hybridized carbons (Fsp3) is 0.364. The van der Waals surface area contributed by atoms with E-state index >= 15 is 0 Å². The van der Waals surface area contributed by atoms with Gasteiger partial charge in [-0.1, -0.05) is 85.8 Å². The van der Waals surface area contributed by atoms with Crippen LogP contribution >= 0.6 is 0 Å². The van der Waals surface area contributed by atoms with Gasteiger partial charge in [0, 0.05) is 0 Å². The summed E-state index contributed by atoms with van der Waals surface area (Å²) in [6.45, 7) is 4.34. The van der Waals surface area contributed by atoms with Gasteiger partial charge in [0.2, 0.25) is 0 Å². The van der Waals surface area contributed by atoms with E-state index in [1.165, 1.54) is 22.3 Å². The first kappa shape index (κ1) is 25.0. The van der Waals surface area contributed by atoms with Crippen molar-refractivity contribution in [2.75, 3.05) is 0 Å². The number of allylic oxidation sites excluding steroid dienone is 2. The van der Waals surface area contributed by atoms with E-state index < -0.39 is 0 Å². The van der Waals surface area contributed by atoms with Crippen molar-refractivity contribution in [3.63, 3.8) is 0 Å². The summed E-state index contributed by atoms with van der Waals surface area (Å²) in [5, 5.41) is 0. The molecule has 35 heavy (non-hydrogen) atoms. The summed E-state index contributed by atoms with van der Waals surface area (Å²) < 4.78 is 5.71. The zero-order chi connectivity index (χ0) is 24.5. The quantitative estimate of drug-likeness (QED) is 0.180. The Morgan fingerprint density at radius 1 is 0.886 bits per heavy atom. The third-order valence-corrected chi connectivity index (χ3v) is 7.40. The van der Waals surface area contributed by atoms with Gasteiger partial charge in [-0.2, -0.15) is 0 Å². The molecule has 0 unspecified atom stereocenters. The zero-order valence-corrected chi connectivity index (χ0v) is 21.2. The molecule has 0 amide bonds. The number of ether oxygens (including phenoxy) is 1. The van der Waals surface area contributed by atoms with Crippen LogP contribution in [0.3, 0.4) is 0 Å². The molecule has 1 fully saturated rings. The minimum atomic E-state index is -0.0737. The van der Waals surface area contributed by atoms with Crippen molar-refractivity contribution in [3.8, 4) is 5.75 Å². The van der Waals surface area contributed by atoms with E-state index in [2.05, 4.69) is 85.8 Å². The van der Waals surface area contributed by atoms with Crippen molar-refractivity contribution in [3.05, 3.63) is 113 Å². The summed E-state index contributed by atoms with van der Waals surface area (Å²) >= 11 is 0. The Kier molecular flexibility index (Phi) is 8.95. The summed E-state index contributed by atoms with van der Waals surface area (Å²) in [5.74, 6) is 1.64. The van der Waals surface area contributed by atoms with Gasteiger partial charge in [-0.3, -0.25) is 4.79 Å². The number of aryl methyl sites for hydroxylation is 1. The number of rotatable bonds is 9. The molecule has 3 aromatic carbocycles. The van der Waals surface area contributed by atoms with Crippen LogP contribution < -0.4 is 4.74 Å². The normalized spacial score (nSPS) is 18.9. The molecule has 1 aliphatic rings. The van der Waals surface area contributed by atoms with Crippen LogP contribution in [-0.4, -0.2) is 5.97 Å². The van der Waals surface area contributed by atoms with Gasteiger partial charge < -0.3 is 4.74 Å². The minimum absolute atomic E-state index is 0.00612. The second-order valence-electron chi connectivity index (χ2n) is 9.98. The zero-order valence-electron chi connectivity index (χ0n) is 21.2. The molecule has 1 aliphatic carbocycles. The molecule has 1 saturated carbocycles. The Balaban J connectivity index is 1.24. The summed E-state index contributed by atoms with van der Waals surface area (Å²) in [4.78, 5) is 12.7. The average molecular weight is 467 g/mol. The van der Waals surface area contributed by atoms with Gasteiger partial charge in [0.25, 0.3) is 0 Å². The predicted octanol–water partition coefficient (Wildman–Crippen LogP) is 8.42. The van der Waals surface area contributed by atoms with Gasteiger partial charge >= 0.3 is 5.97 Å². The van der Waals surface area contributed by atoms with Crippen molar-refractivity contribution in [1.82, 2.24) is 0 Å². The molecule has 4 rings (SSSR count). The fourth-order valence-electron chi connectivity index (χ4n) is 5.18. The number of benzene rings is 3. The summed E-state index contributed by atoms with van der Waals surface area (Å²) in [5.41, 5.74) is 5.45. The maximum absolute atomic E-state index is 12.7. The van der Waals surface area contributed by atoms with Gasteiger partial charge in [0.05, 0.1) is 5.92 Å². The van der Waals surface area contributed by atoms with Crippen LogP contribution in [-0.2, 0) is 17.6 Å². The van der Waals surface area contributed by atoms with Crippen molar-refractivity contribution < 1.29 is 9.53 Å². The minimum Gasteiger partial charge on any atom is -0.426 e. The number of carbonyl (C=O) groups excluding carboxylic acids is 1. The molecule has 0 heterocycles. The molecule has 3 aromatic rings. The molecule has 2 nitrogen and oxygen atoms in total. The van der Waals surface area contributed by atoms with Crippen molar-refractivity contribution in [1.29, 1.82) is 0 Å². The lowest BCUT2D eigenvalue weighted by Crippen LogP contribution is -2.25. The van der Waals surface area contributed by atoms with Gasteiger partial charge in [-0.05, 0) is 98.1 Å². The molecule has 0 N–H and O–H groups in total. The summed E-state index contributed by atoms with van der Waals surface area (Å²) in [6, 6.07) is 27.9. The second-order valence-corrected chi connectivity index (χ2v) is 9.98. The summed E-state index contributed by atoms with van der Waals surface area (Å²) in [6.07, 6.45) is 11.2. The van der Waals surface area contributed by atoms with E-state index in [-0.39, 0.29) is 11.9 Å². The van der Waals surface area contributed by atoms with E-state index in [0.717, 1.165) is 44.9 Å². The first-order chi connectivity index (χ1) is 17.1. The van der Waals surface area contributed by atoms with Crippen molar-refractivity contribution in [2.45, 2.75) is 70.6 Å². The third-order valence-electron chi connectivity index (χ3n) is 7.40. The topological polar surface area (TPSA) is 26.3 Å². The molecule has 182 valence electrons. The largest absolute Gasteiger partial charge is 0.426 e. The molecular weight excluding hydrogens is 428 g/mol. The van der Waals surface area contributed by atoms with Crippen LogP contribution in [0.5, 0.6) is 5.75 Å². The van der Waals surface area contributed by atoms with Crippen molar-refractivity contribution >= 4 is 5.97 Å². The standard InChI is InChI=1S/C33H38O2/c1-3-4-6-9-26-14-22-32(23-15-26)35-33(34)31-20-18-30(19-21-31)29-16-12-27(13-17-29)24-25(2)28-10-7-5-8-11-28/h3-5,7-8,10-17,22-23,25,30-31H,6,9,18-21,24H2,1-2H3/t25-,30?,31?/m0/s1. The van der Waals surface area contributed by atoms with Crippen LogP contribution in [0.2, 0.25) is 0 Å². The number of esters is 1. The Hall–Kier alpha value is -3.13. The number of carbonyl (C=O) groups is 1. The highest BCUT2D eigenvalue weighted by atomic mass is 16.5. The van der Waals surface area contributed by atoms with Gasteiger partial charge in [0.1, 0.15) is 5.75 Å². The average Bonchev–Trinajstić information content (AvgIpc) is 2.91. The van der Waals surface area contributed by atoms with Crippen LogP contribution in [0.25, 0.3) is 0 Å². The molecule has 1 atom stereocenters. The third kappa shape index (κ3) is 7.18. The highest BCUT2D eigenvalue weighted by molar-refractivity contribution is 5.75. The van der Waals surface area contributed by atoms with E-state index in [0.29, 0.717) is 17.6 Å². The van der Waals surface area contributed by atoms with E-state index in [9.17, 15) is 4.79 Å². The van der Waals surface area contributed by atoms with Crippen molar-refractivity contribution in [2.24, 2.45) is 5.92 Å². The molecule has 0 saturated heterocycles. The Morgan fingerprint density at radius 2 is 1.54 bits per heavy atom. The Bertz CT molecular complexity index is 1070. The highest BCUT2D eigenvalue weighted by Crippen LogP contribution is 2.36. The Morgan fingerprint density at radius 3 is 2.20 bits per heavy atom. The highest BCUT2D eigenvalue weighted by Gasteiger charge is 2.28. The molecule has 0 radical (unpaired) electrons. The molecule has 0 bridgehead atoms. The lowest BCUT2D eigenvalue weighted by molar-refractivity contribution is -0.140. The second kappa shape index (κ2) is 12.5. The maximum Gasteiger partial charge on any atom is 0.314 e. The van der Waals surface area contributed by atoms with Gasteiger partial charge in [0.15, 0.2) is 0 Å². The van der Waals surface area contributed by atoms with Crippen LogP contribution in [0.1, 0.15) is 80.0 Å². The van der Waals surface area contributed by atoms with E-state index in [1.807, 2.05) is 19.1 Å². The molecule has 2 heteroatoms. The first-order valence-electron chi connectivity index (χ1n) is 13.2. The number of hydrogen-bond acceptors (Lipinski definition) is 2. The van der Waals surface area contributed by atoms with E-state index in [4.69, 9.17) is 4.74 Å². The number of hydrogen-bond donors (Lipinski definition) is 0. The first-order valence-corrected chi connectivity index (χ1v) is 13.2. The predicted molar refractivity (Wildman–Crippen MR) is 145 cm³/mol. The van der Waals surface area contributed by atoms with Crippen LogP contribution in [0, 0.1) is 5.92 Å². The molecular formula is C33H38O2. The fourth-order valence-corrected chi connectivity index (χ4v) is 5.18. The molecule has 0 aromatic heterocycles. The summed E-state index contributed by atoms with van der Waals surface area (Å²) in [7, 11) is 0. The smallest absolute Gasteiger partial charge is 0.314 e. The van der Waals surface area contributed by atoms with Crippen LogP contribution in [0.15, 0.2) is 91.0 Å². The lowest BCUT2D eigenvalue weighted by atomic mass is 9.78. The van der Waals surface area contributed by atoms with Gasteiger partial charge in [-0.15, -0.1) is 0 Å². The Labute approximate surface area is 211 Å². The molecule has 0 aliphatic heterocycles.